The second-order valence-corrected chi connectivity index (χ2v) is 5.04. The number of rotatable bonds is 2. The van der Waals surface area contributed by atoms with Crippen LogP contribution in [0.3, 0.4) is 0 Å². The second-order valence-electron chi connectivity index (χ2n) is 1.77. The minimum atomic E-state index is -2.23. The third-order valence-electron chi connectivity index (χ3n) is 1.000. The zero-order valence-corrected chi connectivity index (χ0v) is 5.99. The van der Waals surface area contributed by atoms with Gasteiger partial charge in [-0.2, -0.15) is 0 Å². The highest BCUT2D eigenvalue weighted by Gasteiger charge is 2.04. The highest BCUT2D eigenvalue weighted by Crippen LogP contribution is 2.41. The van der Waals surface area contributed by atoms with Gasteiger partial charge in [0.1, 0.15) is 7.14 Å². The summed E-state index contributed by atoms with van der Waals surface area (Å²) in [6.07, 6.45) is 0.887. The summed E-state index contributed by atoms with van der Waals surface area (Å²) < 4.78 is 22.2. The van der Waals surface area contributed by atoms with Crippen molar-refractivity contribution in [3.8, 4) is 0 Å². The van der Waals surface area contributed by atoms with E-state index in [4.69, 9.17) is 0 Å². The summed E-state index contributed by atoms with van der Waals surface area (Å²) in [5, 5.41) is 0. The van der Waals surface area contributed by atoms with E-state index in [-0.39, 0.29) is 0 Å². The second kappa shape index (κ2) is 3.03. The van der Waals surface area contributed by atoms with Crippen molar-refractivity contribution in [1.82, 2.24) is 0 Å². The fraction of sp³-hybridized carbons (Fsp3) is 0.600. The lowest BCUT2D eigenvalue weighted by Gasteiger charge is -1.98. The van der Waals surface area contributed by atoms with Crippen molar-refractivity contribution in [3.63, 3.8) is 0 Å². The first-order valence-corrected chi connectivity index (χ1v) is 4.87. The molecule has 0 aliphatic heterocycles. The summed E-state index contributed by atoms with van der Waals surface area (Å²) in [7, 11) is -2.23. The third kappa shape index (κ3) is 2.98. The van der Waals surface area contributed by atoms with Gasteiger partial charge in [0.15, 0.2) is 0 Å². The van der Waals surface area contributed by atoms with Crippen molar-refractivity contribution in [2.75, 3.05) is 12.8 Å². The Morgan fingerprint density at radius 2 is 2.25 bits per heavy atom. The van der Waals surface area contributed by atoms with Crippen molar-refractivity contribution in [2.24, 2.45) is 0 Å². The first kappa shape index (κ1) is 7.90. The molecule has 0 amide bonds. The maximum atomic E-state index is 11.3. The molecular weight excluding hydrogens is 126 g/mol. The van der Waals surface area contributed by atoms with Crippen LogP contribution in [0, 0.1) is 0 Å². The molecule has 0 aromatic rings. The Morgan fingerprint density at radius 3 is 2.38 bits per heavy atom. The van der Waals surface area contributed by atoms with Crippen molar-refractivity contribution in [3.05, 3.63) is 12.1 Å². The molecule has 8 heavy (non-hydrogen) atoms. The maximum absolute atomic E-state index is 11.3. The first-order valence-electron chi connectivity index (χ1n) is 2.46. The van der Waals surface area contributed by atoms with Crippen LogP contribution in [-0.4, -0.2) is 12.8 Å². The fourth-order valence-electron chi connectivity index (χ4n) is 0.225. The highest BCUT2D eigenvalue weighted by molar-refractivity contribution is 7.66. The van der Waals surface area contributed by atoms with Gasteiger partial charge in [-0.05, 0) is 6.66 Å². The van der Waals surface area contributed by atoms with Crippen LogP contribution in [0.25, 0.3) is 0 Å². The Kier molecular flexibility index (Phi) is 2.99. The van der Waals surface area contributed by atoms with Crippen LogP contribution in [0.1, 0.15) is 6.92 Å². The predicted octanol–water partition coefficient (Wildman–Crippen LogP) is 2.44. The zero-order valence-electron chi connectivity index (χ0n) is 5.10. The van der Waals surface area contributed by atoms with Gasteiger partial charge in [-0.1, -0.05) is 6.92 Å². The van der Waals surface area contributed by atoms with Gasteiger partial charge in [-0.25, -0.2) is 4.39 Å². The Hall–Kier alpha value is -0.100. The van der Waals surface area contributed by atoms with Crippen LogP contribution in [0.15, 0.2) is 12.1 Å². The van der Waals surface area contributed by atoms with Gasteiger partial charge < -0.3 is 4.57 Å². The topological polar surface area (TPSA) is 17.1 Å². The Labute approximate surface area is 49.0 Å². The molecule has 0 saturated heterocycles. The molecule has 0 N–H and O–H groups in total. The minimum absolute atomic E-state index is 0.351. The Morgan fingerprint density at radius 1 is 1.75 bits per heavy atom. The van der Waals surface area contributed by atoms with Crippen LogP contribution in [0.2, 0.25) is 0 Å². The van der Waals surface area contributed by atoms with E-state index in [1.54, 1.807) is 13.6 Å². The smallest absolute Gasteiger partial charge is 0.107 e. The molecule has 0 aromatic carbocycles. The van der Waals surface area contributed by atoms with Gasteiger partial charge in [-0.3, -0.25) is 0 Å². The summed E-state index contributed by atoms with van der Waals surface area (Å²) in [4.78, 5) is 0. The van der Waals surface area contributed by atoms with Gasteiger partial charge in [0.05, 0.1) is 6.33 Å². The molecule has 1 atom stereocenters. The van der Waals surface area contributed by atoms with E-state index < -0.39 is 7.14 Å². The SMILES string of the molecule is CCP(C)(=O)/C=C/F. The van der Waals surface area contributed by atoms with Crippen LogP contribution < -0.4 is 0 Å². The molecule has 48 valence electrons. The summed E-state index contributed by atoms with van der Waals surface area (Å²) in [5.41, 5.74) is 0. The van der Waals surface area contributed by atoms with E-state index in [0.29, 0.717) is 12.5 Å². The molecule has 0 bridgehead atoms. The molecule has 1 nitrogen and oxygen atoms in total. The molecule has 0 rings (SSSR count). The molecular formula is C5H10FOP. The minimum Gasteiger partial charge on any atom is -0.319 e. The van der Waals surface area contributed by atoms with E-state index in [1.165, 1.54) is 0 Å². The number of halogens is 1. The van der Waals surface area contributed by atoms with Crippen molar-refractivity contribution >= 4 is 7.14 Å². The Bertz CT molecular complexity index is 130. The van der Waals surface area contributed by atoms with Gasteiger partial charge in [-0.15, -0.1) is 0 Å². The molecule has 0 heterocycles. The zero-order chi connectivity index (χ0) is 6.62. The predicted molar refractivity (Wildman–Crippen MR) is 34.3 cm³/mol. The van der Waals surface area contributed by atoms with Gasteiger partial charge in [0.2, 0.25) is 0 Å². The molecule has 0 saturated carbocycles. The number of hydrogen-bond acceptors (Lipinski definition) is 1. The average Bonchev–Trinajstić information content (AvgIpc) is 1.67. The van der Waals surface area contributed by atoms with E-state index in [2.05, 4.69) is 0 Å². The van der Waals surface area contributed by atoms with E-state index in [9.17, 15) is 8.96 Å². The van der Waals surface area contributed by atoms with Gasteiger partial charge in [0, 0.05) is 12.0 Å². The lowest BCUT2D eigenvalue weighted by molar-refractivity contribution is 0.584. The fourth-order valence-corrected chi connectivity index (χ4v) is 0.674. The van der Waals surface area contributed by atoms with Gasteiger partial charge in [0.25, 0.3) is 0 Å². The van der Waals surface area contributed by atoms with Crippen molar-refractivity contribution in [1.29, 1.82) is 0 Å². The summed E-state index contributed by atoms with van der Waals surface area (Å²) >= 11 is 0. The quantitative estimate of drug-likeness (QED) is 0.533. The first-order chi connectivity index (χ1) is 3.62. The summed E-state index contributed by atoms with van der Waals surface area (Å²) in [5.74, 6) is 1.13. The largest absolute Gasteiger partial charge is 0.319 e. The van der Waals surface area contributed by atoms with Crippen molar-refractivity contribution < 1.29 is 8.96 Å². The average molecular weight is 136 g/mol. The normalized spacial score (nSPS) is 18.9. The van der Waals surface area contributed by atoms with Crippen molar-refractivity contribution in [2.45, 2.75) is 6.92 Å². The molecule has 1 unspecified atom stereocenters. The van der Waals surface area contributed by atoms with E-state index >= 15 is 0 Å². The summed E-state index contributed by atoms with van der Waals surface area (Å²) in [6.45, 7) is 3.34. The Balaban J connectivity index is 3.93. The van der Waals surface area contributed by atoms with Gasteiger partial charge >= 0.3 is 0 Å². The van der Waals surface area contributed by atoms with Crippen LogP contribution in [0.5, 0.6) is 0 Å². The lowest BCUT2D eigenvalue weighted by atomic mass is 11.0. The maximum Gasteiger partial charge on any atom is 0.107 e. The molecule has 0 aliphatic carbocycles. The standard InChI is InChI=1S/C5H10FOP/c1-3-8(2,7)5-4-6/h4-5H,3H2,1-2H3/b5-4+. The van der Waals surface area contributed by atoms with Crippen LogP contribution in [-0.2, 0) is 4.57 Å². The van der Waals surface area contributed by atoms with E-state index in [0.717, 1.165) is 5.82 Å². The van der Waals surface area contributed by atoms with Crippen LogP contribution >= 0.6 is 7.14 Å². The molecule has 3 heteroatoms. The molecule has 0 fully saturated rings. The van der Waals surface area contributed by atoms with E-state index in [1.807, 2.05) is 0 Å². The summed E-state index contributed by atoms with van der Waals surface area (Å²) in [6, 6.07) is 0. The molecule has 0 aliphatic rings. The molecule has 0 radical (unpaired) electrons. The third-order valence-corrected chi connectivity index (χ3v) is 3.00. The number of hydrogen-bond donors (Lipinski definition) is 0. The monoisotopic (exact) mass is 136 g/mol. The lowest BCUT2D eigenvalue weighted by Crippen LogP contribution is -1.74. The highest BCUT2D eigenvalue weighted by atomic mass is 31.2. The molecule has 0 aromatic heterocycles. The van der Waals surface area contributed by atoms with Crippen LogP contribution in [0.4, 0.5) is 4.39 Å². The molecule has 0 spiro atoms.